The summed E-state index contributed by atoms with van der Waals surface area (Å²) >= 11 is 0. The molecule has 0 bridgehead atoms. The molecule has 0 saturated carbocycles. The normalized spacial score (nSPS) is 11.8. The molecule has 0 radical (unpaired) electrons. The summed E-state index contributed by atoms with van der Waals surface area (Å²) in [5.74, 6) is 0.0147. The monoisotopic (exact) mass is 715 g/mol. The zero-order valence-corrected chi connectivity index (χ0v) is 35.3. The zero-order valence-electron chi connectivity index (χ0n) is 35.3. The van der Waals surface area contributed by atoms with E-state index < -0.39 is 0 Å². The average molecular weight is 715 g/mol. The molecule has 0 unspecified atom stereocenters. The molecule has 2 nitrogen and oxygen atoms in total. The number of esters is 1. The Balaban J connectivity index is 3.17. The van der Waals surface area contributed by atoms with Crippen molar-refractivity contribution < 1.29 is 9.53 Å². The number of hydrogen-bond acceptors (Lipinski definition) is 2. The van der Waals surface area contributed by atoms with Crippen molar-refractivity contribution in [3.63, 3.8) is 0 Å². The third-order valence-electron chi connectivity index (χ3n) is 10.8. The minimum Gasteiger partial charge on any atom is -0.466 e. The second-order valence-electron chi connectivity index (χ2n) is 16.1. The average Bonchev–Trinajstić information content (AvgIpc) is 3.14. The summed E-state index contributed by atoms with van der Waals surface area (Å²) in [6.45, 7) is 5.19. The molecule has 0 aromatic heterocycles. The van der Waals surface area contributed by atoms with E-state index in [2.05, 4.69) is 38.2 Å². The highest BCUT2D eigenvalue weighted by atomic mass is 16.5. The molecule has 0 aromatic carbocycles. The third-order valence-corrected chi connectivity index (χ3v) is 10.8. The molecule has 0 N–H and O–H groups in total. The summed E-state index contributed by atoms with van der Waals surface area (Å²) < 4.78 is 5.47. The minimum atomic E-state index is 0.0147. The highest BCUT2D eigenvalue weighted by Crippen LogP contribution is 2.17. The van der Waals surface area contributed by atoms with E-state index in [-0.39, 0.29) is 5.97 Å². The highest BCUT2D eigenvalue weighted by Gasteiger charge is 2.03. The van der Waals surface area contributed by atoms with Crippen LogP contribution in [0.2, 0.25) is 0 Å². The van der Waals surface area contributed by atoms with E-state index in [1.54, 1.807) is 0 Å². The van der Waals surface area contributed by atoms with Crippen LogP contribution in [0.25, 0.3) is 0 Å². The molecule has 0 rings (SSSR count). The van der Waals surface area contributed by atoms with Gasteiger partial charge in [-0.25, -0.2) is 0 Å². The molecule has 0 spiro atoms. The van der Waals surface area contributed by atoms with E-state index in [9.17, 15) is 4.79 Å². The molecule has 0 aliphatic heterocycles. The first-order valence-electron chi connectivity index (χ1n) is 23.8. The number of hydrogen-bond donors (Lipinski definition) is 0. The summed E-state index contributed by atoms with van der Waals surface area (Å²) in [7, 11) is 0. The van der Waals surface area contributed by atoms with Gasteiger partial charge < -0.3 is 4.74 Å². The van der Waals surface area contributed by atoms with Crippen molar-refractivity contribution in [1.29, 1.82) is 0 Å². The van der Waals surface area contributed by atoms with Gasteiger partial charge in [-0.3, -0.25) is 4.79 Å². The lowest BCUT2D eigenvalue weighted by atomic mass is 10.0. The quantitative estimate of drug-likeness (QED) is 0.0357. The number of unbranched alkanes of at least 4 members (excludes halogenated alkanes) is 36. The summed E-state index contributed by atoms with van der Waals surface area (Å²) in [5.41, 5.74) is 0. The molecule has 0 aromatic rings. The Morgan fingerprint density at radius 1 is 0.333 bits per heavy atom. The van der Waals surface area contributed by atoms with Crippen molar-refractivity contribution >= 4 is 5.97 Å². The summed E-state index contributed by atoms with van der Waals surface area (Å²) in [6, 6.07) is 0. The van der Waals surface area contributed by atoms with E-state index >= 15 is 0 Å². The van der Waals surface area contributed by atoms with Crippen molar-refractivity contribution in [1.82, 2.24) is 0 Å². The van der Waals surface area contributed by atoms with Gasteiger partial charge in [-0.05, 0) is 44.9 Å². The van der Waals surface area contributed by atoms with E-state index in [1.165, 1.54) is 231 Å². The largest absolute Gasteiger partial charge is 0.466 e. The van der Waals surface area contributed by atoms with Crippen molar-refractivity contribution in [3.05, 3.63) is 24.3 Å². The fourth-order valence-electron chi connectivity index (χ4n) is 7.29. The molecular weight excluding hydrogens is 621 g/mol. The number of rotatable bonds is 44. The van der Waals surface area contributed by atoms with Gasteiger partial charge in [0.05, 0.1) is 6.61 Å². The third kappa shape index (κ3) is 46.9. The summed E-state index contributed by atoms with van der Waals surface area (Å²) in [6.07, 6.45) is 64.5. The molecule has 0 amide bonds. The molecule has 0 heterocycles. The van der Waals surface area contributed by atoms with Crippen LogP contribution >= 0.6 is 0 Å². The van der Waals surface area contributed by atoms with Gasteiger partial charge in [-0.1, -0.05) is 250 Å². The maximum Gasteiger partial charge on any atom is 0.305 e. The van der Waals surface area contributed by atoms with Crippen molar-refractivity contribution in [2.24, 2.45) is 0 Å². The van der Waals surface area contributed by atoms with Crippen molar-refractivity contribution in [3.8, 4) is 0 Å². The van der Waals surface area contributed by atoms with Crippen molar-refractivity contribution in [2.75, 3.05) is 6.61 Å². The number of carbonyl (C=O) groups is 1. The van der Waals surface area contributed by atoms with Gasteiger partial charge in [0.25, 0.3) is 0 Å². The highest BCUT2D eigenvalue weighted by molar-refractivity contribution is 5.69. The van der Waals surface area contributed by atoms with Crippen LogP contribution in [0.4, 0.5) is 0 Å². The van der Waals surface area contributed by atoms with Gasteiger partial charge in [0.15, 0.2) is 0 Å². The SMILES string of the molecule is CCCCC/C=C\C/C=C\CCCCCCCC(=O)OCCCCCCCCCCCCCCCCCCCCCCCCCCCCCCC. The molecule has 51 heavy (non-hydrogen) atoms. The minimum absolute atomic E-state index is 0.0147. The van der Waals surface area contributed by atoms with Gasteiger partial charge in [0.1, 0.15) is 0 Å². The van der Waals surface area contributed by atoms with Gasteiger partial charge in [0.2, 0.25) is 0 Å². The van der Waals surface area contributed by atoms with Gasteiger partial charge in [-0.2, -0.15) is 0 Å². The summed E-state index contributed by atoms with van der Waals surface area (Å²) in [4.78, 5) is 12.0. The predicted octanol–water partition coefficient (Wildman–Crippen LogP) is 17.7. The van der Waals surface area contributed by atoms with Crippen LogP contribution in [0.5, 0.6) is 0 Å². The molecule has 0 saturated heterocycles. The zero-order chi connectivity index (χ0) is 36.8. The predicted molar refractivity (Wildman–Crippen MR) is 230 cm³/mol. The molecule has 0 aliphatic carbocycles. The molecule has 0 aliphatic rings. The van der Waals surface area contributed by atoms with Crippen LogP contribution in [0.1, 0.15) is 277 Å². The fraction of sp³-hybridized carbons (Fsp3) is 0.898. The van der Waals surface area contributed by atoms with Crippen LogP contribution in [-0.4, -0.2) is 12.6 Å². The first kappa shape index (κ1) is 49.9. The first-order valence-corrected chi connectivity index (χ1v) is 23.8. The number of allylic oxidation sites excluding steroid dienone is 4. The Kier molecular flexibility index (Phi) is 46.0. The van der Waals surface area contributed by atoms with E-state index in [0.29, 0.717) is 13.0 Å². The Morgan fingerprint density at radius 2 is 0.608 bits per heavy atom. The lowest BCUT2D eigenvalue weighted by Gasteiger charge is -2.06. The second kappa shape index (κ2) is 47.0. The van der Waals surface area contributed by atoms with Crippen LogP contribution in [0, 0.1) is 0 Å². The molecule has 2 heteroatoms. The van der Waals surface area contributed by atoms with Crippen LogP contribution < -0.4 is 0 Å². The molecular formula is C49H94O2. The lowest BCUT2D eigenvalue weighted by Crippen LogP contribution is -2.05. The lowest BCUT2D eigenvalue weighted by molar-refractivity contribution is -0.143. The maximum atomic E-state index is 12.0. The van der Waals surface area contributed by atoms with Crippen LogP contribution in [0.3, 0.4) is 0 Å². The van der Waals surface area contributed by atoms with Gasteiger partial charge in [-0.15, -0.1) is 0 Å². The Morgan fingerprint density at radius 3 is 0.980 bits per heavy atom. The van der Waals surface area contributed by atoms with Gasteiger partial charge in [0, 0.05) is 6.42 Å². The van der Waals surface area contributed by atoms with Crippen LogP contribution in [0.15, 0.2) is 24.3 Å². The molecule has 0 atom stereocenters. The molecule has 302 valence electrons. The first-order chi connectivity index (χ1) is 25.3. The standard InChI is InChI=1S/C49H94O2/c1-3-5-7-9-11-13-15-17-19-20-21-22-23-24-25-26-27-28-29-30-31-32-34-36-38-40-42-44-46-48-51-49(50)47-45-43-41-39-37-35-33-18-16-14-12-10-8-6-4-2/h12,14,18,33H,3-11,13,15-17,19-32,34-48H2,1-2H3/b14-12-,33-18-. The fourth-order valence-corrected chi connectivity index (χ4v) is 7.29. The Labute approximate surface area is 322 Å². The van der Waals surface area contributed by atoms with E-state index in [4.69, 9.17) is 4.74 Å². The number of carbonyl (C=O) groups excluding carboxylic acids is 1. The topological polar surface area (TPSA) is 26.3 Å². The van der Waals surface area contributed by atoms with E-state index in [0.717, 1.165) is 25.7 Å². The molecule has 0 fully saturated rings. The van der Waals surface area contributed by atoms with Crippen molar-refractivity contribution in [2.45, 2.75) is 277 Å². The summed E-state index contributed by atoms with van der Waals surface area (Å²) in [5, 5.41) is 0. The van der Waals surface area contributed by atoms with E-state index in [1.807, 2.05) is 0 Å². The van der Waals surface area contributed by atoms with Gasteiger partial charge >= 0.3 is 5.97 Å². The second-order valence-corrected chi connectivity index (χ2v) is 16.1. The maximum absolute atomic E-state index is 12.0. The Hall–Kier alpha value is -1.05. The Bertz CT molecular complexity index is 694. The van der Waals surface area contributed by atoms with Crippen LogP contribution in [-0.2, 0) is 9.53 Å². The number of ether oxygens (including phenoxy) is 1. The smallest absolute Gasteiger partial charge is 0.305 e.